The fraction of sp³-hybridized carbons (Fsp3) is 0.174. The van der Waals surface area contributed by atoms with Gasteiger partial charge in [-0.3, -0.25) is 4.79 Å². The van der Waals surface area contributed by atoms with Crippen LogP contribution in [0.15, 0.2) is 48.5 Å². The SMILES string of the molecule is CC(C)Oc1ccccc1-c1nc(N)c2sc(C(N)=O)c(-c3ccccc3OC(F)(F)F)c2n1. The Hall–Kier alpha value is -3.86. The first-order valence-electron chi connectivity index (χ1n) is 10.1. The lowest BCUT2D eigenvalue weighted by molar-refractivity contribution is -0.274. The van der Waals surface area contributed by atoms with Crippen molar-refractivity contribution in [2.24, 2.45) is 5.73 Å². The van der Waals surface area contributed by atoms with E-state index >= 15 is 0 Å². The van der Waals surface area contributed by atoms with E-state index in [4.69, 9.17) is 16.2 Å². The van der Waals surface area contributed by atoms with Crippen LogP contribution in [0.2, 0.25) is 0 Å². The van der Waals surface area contributed by atoms with Crippen LogP contribution in [-0.4, -0.2) is 28.3 Å². The number of para-hydroxylation sites is 2. The van der Waals surface area contributed by atoms with Gasteiger partial charge in [-0.05, 0) is 32.0 Å². The lowest BCUT2D eigenvalue weighted by Crippen LogP contribution is -2.18. The van der Waals surface area contributed by atoms with Crippen molar-refractivity contribution in [3.63, 3.8) is 0 Å². The number of carbonyl (C=O) groups is 1. The highest BCUT2D eigenvalue weighted by Crippen LogP contribution is 2.45. The molecule has 0 spiro atoms. The lowest BCUT2D eigenvalue weighted by atomic mass is 10.0. The molecule has 0 atom stereocenters. The van der Waals surface area contributed by atoms with Crippen LogP contribution in [0.1, 0.15) is 23.5 Å². The fourth-order valence-electron chi connectivity index (χ4n) is 3.44. The van der Waals surface area contributed by atoms with Gasteiger partial charge in [-0.15, -0.1) is 24.5 Å². The van der Waals surface area contributed by atoms with E-state index in [0.717, 1.165) is 17.4 Å². The summed E-state index contributed by atoms with van der Waals surface area (Å²) in [5, 5.41) is 0. The number of anilines is 1. The number of hydrogen-bond donors (Lipinski definition) is 2. The molecule has 2 aromatic heterocycles. The minimum atomic E-state index is -4.94. The molecular weight excluding hydrogens is 469 g/mol. The average Bonchev–Trinajstić information content (AvgIpc) is 3.13. The smallest absolute Gasteiger partial charge is 0.490 e. The van der Waals surface area contributed by atoms with E-state index in [2.05, 4.69) is 14.7 Å². The number of aromatic nitrogens is 2. The number of thiophene rings is 1. The summed E-state index contributed by atoms with van der Waals surface area (Å²) in [4.78, 5) is 21.2. The zero-order chi connectivity index (χ0) is 24.6. The number of primary amides is 1. The van der Waals surface area contributed by atoms with Gasteiger partial charge in [0, 0.05) is 11.1 Å². The molecule has 0 saturated heterocycles. The summed E-state index contributed by atoms with van der Waals surface area (Å²) in [7, 11) is 0. The highest BCUT2D eigenvalue weighted by atomic mass is 32.1. The molecule has 4 N–H and O–H groups in total. The topological polar surface area (TPSA) is 113 Å². The van der Waals surface area contributed by atoms with Crippen LogP contribution in [0.5, 0.6) is 11.5 Å². The second kappa shape index (κ2) is 8.82. The van der Waals surface area contributed by atoms with Crippen LogP contribution < -0.4 is 20.9 Å². The molecule has 0 unspecified atom stereocenters. The predicted octanol–water partition coefficient (Wildman–Crippen LogP) is 5.39. The summed E-state index contributed by atoms with van der Waals surface area (Å²) in [6.45, 7) is 3.73. The molecule has 0 fully saturated rings. The van der Waals surface area contributed by atoms with Gasteiger partial charge in [-0.25, -0.2) is 9.97 Å². The zero-order valence-corrected chi connectivity index (χ0v) is 18.8. The molecule has 0 radical (unpaired) electrons. The van der Waals surface area contributed by atoms with Crippen molar-refractivity contribution in [3.05, 3.63) is 53.4 Å². The Bertz CT molecular complexity index is 1390. The van der Waals surface area contributed by atoms with Crippen LogP contribution in [0.25, 0.3) is 32.7 Å². The highest BCUT2D eigenvalue weighted by molar-refractivity contribution is 7.22. The molecule has 2 heterocycles. The molecule has 0 aliphatic carbocycles. The highest BCUT2D eigenvalue weighted by Gasteiger charge is 2.33. The molecule has 4 rings (SSSR count). The fourth-order valence-corrected chi connectivity index (χ4v) is 4.45. The molecule has 11 heteroatoms. The van der Waals surface area contributed by atoms with Gasteiger partial charge in [0.1, 0.15) is 22.2 Å². The number of nitrogens with zero attached hydrogens (tertiary/aromatic N) is 2. The van der Waals surface area contributed by atoms with Gasteiger partial charge < -0.3 is 20.9 Å². The number of halogens is 3. The van der Waals surface area contributed by atoms with Gasteiger partial charge >= 0.3 is 6.36 Å². The van der Waals surface area contributed by atoms with Gasteiger partial charge in [-0.1, -0.05) is 30.3 Å². The maximum absolute atomic E-state index is 13.1. The summed E-state index contributed by atoms with van der Waals surface area (Å²) in [5.41, 5.74) is 12.6. The maximum atomic E-state index is 13.1. The van der Waals surface area contributed by atoms with Crippen LogP contribution in [0.4, 0.5) is 19.0 Å². The van der Waals surface area contributed by atoms with Crippen molar-refractivity contribution >= 4 is 33.3 Å². The summed E-state index contributed by atoms with van der Waals surface area (Å²) < 4.78 is 49.6. The molecule has 0 aliphatic rings. The van der Waals surface area contributed by atoms with E-state index in [0.29, 0.717) is 16.0 Å². The first kappa shape index (κ1) is 23.3. The minimum Gasteiger partial charge on any atom is -0.490 e. The van der Waals surface area contributed by atoms with Crippen molar-refractivity contribution in [2.75, 3.05) is 5.73 Å². The minimum absolute atomic E-state index is 0.00404. The second-order valence-corrected chi connectivity index (χ2v) is 8.51. The van der Waals surface area contributed by atoms with Crippen molar-refractivity contribution in [3.8, 4) is 34.0 Å². The quantitative estimate of drug-likeness (QED) is 0.376. The number of ether oxygens (including phenoxy) is 2. The first-order chi connectivity index (χ1) is 16.0. The van der Waals surface area contributed by atoms with Crippen molar-refractivity contribution < 1.29 is 27.4 Å². The van der Waals surface area contributed by atoms with E-state index in [-0.39, 0.29) is 39.3 Å². The van der Waals surface area contributed by atoms with Crippen molar-refractivity contribution in [2.45, 2.75) is 26.3 Å². The van der Waals surface area contributed by atoms with E-state index in [1.54, 1.807) is 24.3 Å². The van der Waals surface area contributed by atoms with Crippen LogP contribution in [0.3, 0.4) is 0 Å². The van der Waals surface area contributed by atoms with Crippen LogP contribution >= 0.6 is 11.3 Å². The molecule has 2 aromatic carbocycles. The molecule has 4 aromatic rings. The Balaban J connectivity index is 2.01. The average molecular weight is 488 g/mol. The van der Waals surface area contributed by atoms with E-state index in [1.807, 2.05) is 13.8 Å². The van der Waals surface area contributed by atoms with Crippen LogP contribution in [-0.2, 0) is 0 Å². The molecule has 0 bridgehead atoms. The number of rotatable bonds is 6. The van der Waals surface area contributed by atoms with E-state index < -0.39 is 18.0 Å². The Morgan fingerprint density at radius 2 is 1.62 bits per heavy atom. The van der Waals surface area contributed by atoms with E-state index in [9.17, 15) is 18.0 Å². The number of benzene rings is 2. The number of hydrogen-bond acceptors (Lipinski definition) is 7. The van der Waals surface area contributed by atoms with Gasteiger partial charge in [-0.2, -0.15) is 0 Å². The zero-order valence-electron chi connectivity index (χ0n) is 18.0. The monoisotopic (exact) mass is 488 g/mol. The van der Waals surface area contributed by atoms with Crippen molar-refractivity contribution in [1.82, 2.24) is 9.97 Å². The number of amides is 1. The summed E-state index contributed by atoms with van der Waals surface area (Å²) in [5.74, 6) is -0.606. The number of nitrogen functional groups attached to an aromatic ring is 1. The van der Waals surface area contributed by atoms with Crippen LogP contribution in [0, 0.1) is 0 Å². The van der Waals surface area contributed by atoms with Gasteiger partial charge in [0.15, 0.2) is 5.82 Å². The van der Waals surface area contributed by atoms with Crippen molar-refractivity contribution in [1.29, 1.82) is 0 Å². The Morgan fingerprint density at radius 3 is 2.24 bits per heavy atom. The standard InChI is InChI=1S/C23H19F3N4O3S/c1-11(2)32-14-9-5-4-8-13(14)22-29-17-16(18(21(28)31)34-19(17)20(27)30-22)12-7-3-6-10-15(12)33-23(24,25)26/h3-11H,1-2H3,(H2,28,31)(H2,27,29,30). The summed E-state index contributed by atoms with van der Waals surface area (Å²) in [6.07, 6.45) is -5.08. The largest absolute Gasteiger partial charge is 0.573 e. The third-order valence-corrected chi connectivity index (χ3v) is 5.87. The molecule has 0 aliphatic heterocycles. The van der Waals surface area contributed by atoms with Gasteiger partial charge in [0.25, 0.3) is 5.91 Å². The Labute approximate surface area is 196 Å². The summed E-state index contributed by atoms with van der Waals surface area (Å²) in [6, 6.07) is 12.5. The number of nitrogens with two attached hydrogens (primary N) is 2. The number of carbonyl (C=O) groups excluding carboxylic acids is 1. The third-order valence-electron chi connectivity index (χ3n) is 4.66. The summed E-state index contributed by atoms with van der Waals surface area (Å²) >= 11 is 0.906. The first-order valence-corrected chi connectivity index (χ1v) is 10.9. The Kier molecular flexibility index (Phi) is 6.05. The van der Waals surface area contributed by atoms with Gasteiger partial charge in [0.05, 0.1) is 21.9 Å². The molecule has 1 amide bonds. The second-order valence-electron chi connectivity index (χ2n) is 7.49. The molecular formula is C23H19F3N4O3S. The molecule has 7 nitrogen and oxygen atoms in total. The van der Waals surface area contributed by atoms with E-state index in [1.165, 1.54) is 18.2 Å². The maximum Gasteiger partial charge on any atom is 0.573 e. The number of alkyl halides is 3. The molecule has 34 heavy (non-hydrogen) atoms. The van der Waals surface area contributed by atoms with Gasteiger partial charge in [0.2, 0.25) is 0 Å². The number of fused-ring (bicyclic) bond motifs is 1. The molecule has 0 saturated carbocycles. The molecule has 176 valence electrons. The third kappa shape index (κ3) is 4.60. The normalized spacial score (nSPS) is 11.7. The Morgan fingerprint density at radius 1 is 1.00 bits per heavy atom. The predicted molar refractivity (Wildman–Crippen MR) is 124 cm³/mol. The lowest BCUT2D eigenvalue weighted by Gasteiger charge is -2.15.